The zero-order valence-electron chi connectivity index (χ0n) is 11.7. The third-order valence-corrected chi connectivity index (χ3v) is 4.24. The van der Waals surface area contributed by atoms with Crippen molar-refractivity contribution in [3.05, 3.63) is 34.3 Å². The maximum atomic E-state index is 9.54. The van der Waals surface area contributed by atoms with Crippen molar-refractivity contribution in [2.24, 2.45) is 0 Å². The second-order valence-electron chi connectivity index (χ2n) is 4.39. The molecule has 116 valence electrons. The summed E-state index contributed by atoms with van der Waals surface area (Å²) in [5.74, 6) is 0.221. The summed E-state index contributed by atoms with van der Waals surface area (Å²) in [4.78, 5) is 4.08. The van der Waals surface area contributed by atoms with Crippen molar-refractivity contribution in [3.8, 4) is 29.0 Å². The molecule has 0 aliphatic rings. The number of nitriles is 2. The molecule has 0 atom stereocenters. The third kappa shape index (κ3) is 3.33. The van der Waals surface area contributed by atoms with E-state index >= 15 is 0 Å². The average molecular weight is 347 g/mol. The topological polar surface area (TPSA) is 127 Å². The maximum Gasteiger partial charge on any atom is 0.143 e. The third-order valence-electron chi connectivity index (χ3n) is 2.98. The number of nitrogen functional groups attached to an aromatic ring is 1. The van der Waals surface area contributed by atoms with E-state index < -0.39 is 0 Å². The molecular weight excluding hydrogens is 336 g/mol. The van der Waals surface area contributed by atoms with E-state index in [0.717, 1.165) is 0 Å². The predicted octanol–water partition coefficient (Wildman–Crippen LogP) is 2.52. The zero-order chi connectivity index (χ0) is 17.0. The summed E-state index contributed by atoms with van der Waals surface area (Å²) >= 11 is 7.08. The number of phenols is 1. The number of nitrogens with zero attached hydrogens (tertiary/aromatic N) is 3. The van der Waals surface area contributed by atoms with Gasteiger partial charge in [-0.15, -0.1) is 11.8 Å². The van der Waals surface area contributed by atoms with Gasteiger partial charge in [0.2, 0.25) is 0 Å². The Labute approximate surface area is 141 Å². The molecule has 4 N–H and O–H groups in total. The molecule has 1 heterocycles. The van der Waals surface area contributed by atoms with Crippen molar-refractivity contribution in [3.63, 3.8) is 0 Å². The highest BCUT2D eigenvalue weighted by Gasteiger charge is 2.21. The van der Waals surface area contributed by atoms with Crippen molar-refractivity contribution in [2.45, 2.75) is 5.03 Å². The molecule has 0 amide bonds. The second-order valence-corrected chi connectivity index (χ2v) is 5.88. The Kier molecular flexibility index (Phi) is 5.30. The molecule has 8 heteroatoms. The number of aromatic nitrogens is 1. The van der Waals surface area contributed by atoms with Gasteiger partial charge in [-0.3, -0.25) is 0 Å². The first-order valence-electron chi connectivity index (χ1n) is 6.39. The Bertz CT molecular complexity index is 843. The predicted molar refractivity (Wildman–Crippen MR) is 88.0 cm³/mol. The van der Waals surface area contributed by atoms with Crippen molar-refractivity contribution in [1.82, 2.24) is 4.98 Å². The van der Waals surface area contributed by atoms with Crippen LogP contribution in [0.2, 0.25) is 5.02 Å². The molecule has 2 aromatic rings. The lowest BCUT2D eigenvalue weighted by Gasteiger charge is -2.13. The van der Waals surface area contributed by atoms with Gasteiger partial charge < -0.3 is 15.9 Å². The molecular formula is C15H11ClN4O2S. The van der Waals surface area contributed by atoms with Crippen LogP contribution in [0.4, 0.5) is 5.82 Å². The van der Waals surface area contributed by atoms with Crippen LogP contribution in [0.1, 0.15) is 11.1 Å². The quantitative estimate of drug-likeness (QED) is 0.726. The number of phenolic OH excluding ortho intramolecular Hbond substituents is 1. The fourth-order valence-electron chi connectivity index (χ4n) is 2.00. The van der Waals surface area contributed by atoms with Crippen LogP contribution in [0.5, 0.6) is 5.75 Å². The largest absolute Gasteiger partial charge is 0.506 e. The minimum atomic E-state index is -0.107. The van der Waals surface area contributed by atoms with Gasteiger partial charge in [0.05, 0.1) is 17.2 Å². The summed E-state index contributed by atoms with van der Waals surface area (Å²) in [6.45, 7) is -0.0858. The normalized spacial score (nSPS) is 10.1. The number of pyridine rings is 1. The van der Waals surface area contributed by atoms with E-state index in [1.807, 2.05) is 12.1 Å². The molecule has 2 rings (SSSR count). The first-order valence-corrected chi connectivity index (χ1v) is 7.76. The van der Waals surface area contributed by atoms with Gasteiger partial charge in [-0.1, -0.05) is 17.7 Å². The summed E-state index contributed by atoms with van der Waals surface area (Å²) in [5.41, 5.74) is 6.86. The van der Waals surface area contributed by atoms with E-state index in [9.17, 15) is 15.6 Å². The van der Waals surface area contributed by atoms with E-state index in [-0.39, 0.29) is 34.3 Å². The lowest BCUT2D eigenvalue weighted by molar-refractivity contribution is 0.322. The Morgan fingerprint density at radius 2 is 1.96 bits per heavy atom. The summed E-state index contributed by atoms with van der Waals surface area (Å²) in [5, 5.41) is 37.8. The zero-order valence-corrected chi connectivity index (χ0v) is 13.3. The van der Waals surface area contributed by atoms with Crippen LogP contribution in [-0.2, 0) is 0 Å². The highest BCUT2D eigenvalue weighted by atomic mass is 35.5. The second kappa shape index (κ2) is 7.21. The van der Waals surface area contributed by atoms with Gasteiger partial charge in [-0.25, -0.2) is 4.98 Å². The first kappa shape index (κ1) is 16.9. The number of aliphatic hydroxyl groups is 1. The molecule has 0 aliphatic carbocycles. The summed E-state index contributed by atoms with van der Waals surface area (Å²) in [6, 6.07) is 8.35. The van der Waals surface area contributed by atoms with Crippen LogP contribution >= 0.6 is 23.4 Å². The smallest absolute Gasteiger partial charge is 0.143 e. The molecule has 1 aromatic heterocycles. The fraction of sp³-hybridized carbons (Fsp3) is 0.133. The molecule has 0 bridgehead atoms. The Morgan fingerprint density at radius 3 is 2.52 bits per heavy atom. The monoisotopic (exact) mass is 346 g/mol. The highest BCUT2D eigenvalue weighted by molar-refractivity contribution is 7.99. The average Bonchev–Trinajstić information content (AvgIpc) is 2.54. The first-order chi connectivity index (χ1) is 11.0. The number of aliphatic hydroxyl groups excluding tert-OH is 1. The number of aromatic hydroxyl groups is 1. The number of thioether (sulfide) groups is 1. The van der Waals surface area contributed by atoms with E-state index in [2.05, 4.69) is 4.98 Å². The molecule has 0 spiro atoms. The highest BCUT2D eigenvalue weighted by Crippen LogP contribution is 2.37. The lowest BCUT2D eigenvalue weighted by atomic mass is 9.97. The molecule has 1 aromatic carbocycles. The Balaban J connectivity index is 2.78. The van der Waals surface area contributed by atoms with Crippen molar-refractivity contribution in [2.75, 3.05) is 18.1 Å². The molecule has 0 aliphatic heterocycles. The van der Waals surface area contributed by atoms with Crippen molar-refractivity contribution < 1.29 is 10.2 Å². The minimum absolute atomic E-state index is 0.00821. The van der Waals surface area contributed by atoms with E-state index in [4.69, 9.17) is 22.4 Å². The molecule has 0 radical (unpaired) electrons. The van der Waals surface area contributed by atoms with Gasteiger partial charge in [0, 0.05) is 11.3 Å². The standard InChI is InChI=1S/C15H11ClN4O2S/c16-11-5-8(1-2-12(11)22)13-9(6-17)14(19)20-15(10(13)7-18)23-4-3-21/h1-2,5,21-22H,3-4H2,(H2,19,20). The minimum Gasteiger partial charge on any atom is -0.506 e. The number of benzene rings is 1. The summed E-state index contributed by atoms with van der Waals surface area (Å²) < 4.78 is 0. The summed E-state index contributed by atoms with van der Waals surface area (Å²) in [7, 11) is 0. The Hall–Kier alpha value is -2.45. The van der Waals surface area contributed by atoms with Crippen LogP contribution in [-0.4, -0.2) is 27.6 Å². The molecule has 0 saturated carbocycles. The van der Waals surface area contributed by atoms with E-state index in [0.29, 0.717) is 21.9 Å². The van der Waals surface area contributed by atoms with Crippen molar-refractivity contribution >= 4 is 29.2 Å². The summed E-state index contributed by atoms with van der Waals surface area (Å²) in [6.07, 6.45) is 0. The van der Waals surface area contributed by atoms with E-state index in [1.165, 1.54) is 30.0 Å². The fourth-order valence-corrected chi connectivity index (χ4v) is 2.92. The van der Waals surface area contributed by atoms with Gasteiger partial charge in [0.25, 0.3) is 0 Å². The number of halogens is 1. The molecule has 6 nitrogen and oxygen atoms in total. The van der Waals surface area contributed by atoms with Gasteiger partial charge in [-0.2, -0.15) is 10.5 Å². The van der Waals surface area contributed by atoms with Crippen LogP contribution < -0.4 is 5.73 Å². The molecule has 0 unspecified atom stereocenters. The van der Waals surface area contributed by atoms with Crippen molar-refractivity contribution in [1.29, 1.82) is 10.5 Å². The van der Waals surface area contributed by atoms with Gasteiger partial charge in [0.15, 0.2) is 0 Å². The SMILES string of the molecule is N#Cc1c(N)nc(SCCO)c(C#N)c1-c1ccc(O)c(Cl)c1. The van der Waals surface area contributed by atoms with Gasteiger partial charge in [0.1, 0.15) is 34.3 Å². The molecule has 0 saturated heterocycles. The van der Waals surface area contributed by atoms with Crippen LogP contribution in [0.15, 0.2) is 23.2 Å². The van der Waals surface area contributed by atoms with Crippen LogP contribution in [0.25, 0.3) is 11.1 Å². The number of nitrogens with two attached hydrogens (primary N) is 1. The number of anilines is 1. The van der Waals surface area contributed by atoms with Crippen LogP contribution in [0, 0.1) is 22.7 Å². The lowest BCUT2D eigenvalue weighted by Crippen LogP contribution is -2.04. The number of hydrogen-bond donors (Lipinski definition) is 3. The van der Waals surface area contributed by atoms with E-state index in [1.54, 1.807) is 0 Å². The number of hydrogen-bond acceptors (Lipinski definition) is 7. The molecule has 0 fully saturated rings. The van der Waals surface area contributed by atoms with Gasteiger partial charge in [-0.05, 0) is 17.7 Å². The van der Waals surface area contributed by atoms with Crippen LogP contribution in [0.3, 0.4) is 0 Å². The molecule has 23 heavy (non-hydrogen) atoms. The maximum absolute atomic E-state index is 9.54. The Morgan fingerprint density at radius 1 is 1.26 bits per heavy atom. The van der Waals surface area contributed by atoms with Gasteiger partial charge >= 0.3 is 0 Å². The number of rotatable bonds is 4.